The Morgan fingerprint density at radius 3 is 2.46 bits per heavy atom. The minimum atomic E-state index is 0.132. The van der Waals surface area contributed by atoms with Crippen molar-refractivity contribution in [2.24, 2.45) is 5.92 Å². The summed E-state index contributed by atoms with van der Waals surface area (Å²) in [6.07, 6.45) is 4.13. The number of aryl methyl sites for hydroxylation is 1. The van der Waals surface area contributed by atoms with Gasteiger partial charge in [0.1, 0.15) is 5.75 Å². The third kappa shape index (κ3) is 2.80. The van der Waals surface area contributed by atoms with Gasteiger partial charge in [0.25, 0.3) is 5.91 Å². The molecule has 1 aromatic carbocycles. The van der Waals surface area contributed by atoms with E-state index in [1.54, 1.807) is 13.3 Å². The van der Waals surface area contributed by atoms with E-state index in [1.807, 2.05) is 31.2 Å². The zero-order chi connectivity index (χ0) is 19.3. The first-order chi connectivity index (χ1) is 13.7. The SMILES string of the molecule is COc1ccc([C@H]2CN(C(=O)c3ccc(C)nc3)[C@H]3C4CCN(CC4)[C@@H]23)cc1. The maximum absolute atomic E-state index is 13.4. The summed E-state index contributed by atoms with van der Waals surface area (Å²) in [7, 11) is 1.70. The molecule has 6 rings (SSSR count). The largest absolute Gasteiger partial charge is 0.497 e. The lowest BCUT2D eigenvalue weighted by Crippen LogP contribution is -2.60. The molecule has 5 nitrogen and oxygen atoms in total. The van der Waals surface area contributed by atoms with Crippen LogP contribution in [0.4, 0.5) is 0 Å². The van der Waals surface area contributed by atoms with Crippen LogP contribution in [0.25, 0.3) is 0 Å². The standard InChI is InChI=1S/C23H27N3O2/c1-15-3-4-18(13-24-15)23(27)26-14-20(16-5-7-19(28-2)8-6-16)22-21(26)17-9-11-25(22)12-10-17/h3-8,13,17,20-22H,9-12,14H2,1-2H3/t20-,21+,22+/m1/s1. The fourth-order valence-corrected chi connectivity index (χ4v) is 5.56. The second kappa shape index (κ2) is 6.89. The van der Waals surface area contributed by atoms with E-state index in [4.69, 9.17) is 4.74 Å². The fraction of sp³-hybridized carbons (Fsp3) is 0.478. The van der Waals surface area contributed by atoms with Gasteiger partial charge in [-0.05, 0) is 68.6 Å². The van der Waals surface area contributed by atoms with Crippen LogP contribution in [-0.4, -0.2) is 59.5 Å². The van der Waals surface area contributed by atoms with E-state index in [-0.39, 0.29) is 5.91 Å². The smallest absolute Gasteiger partial charge is 0.255 e. The number of fused-ring (bicyclic) bond motifs is 2. The number of methoxy groups -OCH3 is 1. The molecule has 4 aliphatic rings. The van der Waals surface area contributed by atoms with Crippen molar-refractivity contribution in [1.29, 1.82) is 0 Å². The summed E-state index contributed by atoms with van der Waals surface area (Å²) in [4.78, 5) is 22.5. The van der Waals surface area contributed by atoms with Crippen LogP contribution in [0.1, 0.15) is 40.4 Å². The van der Waals surface area contributed by atoms with Gasteiger partial charge in [-0.1, -0.05) is 12.1 Å². The maximum atomic E-state index is 13.4. The highest BCUT2D eigenvalue weighted by Gasteiger charge is 2.54. The molecule has 1 amide bonds. The topological polar surface area (TPSA) is 45.7 Å². The molecule has 1 aromatic heterocycles. The first-order valence-electron chi connectivity index (χ1n) is 10.3. The molecule has 0 aliphatic carbocycles. The highest BCUT2D eigenvalue weighted by molar-refractivity contribution is 5.94. The van der Waals surface area contributed by atoms with Crippen molar-refractivity contribution in [1.82, 2.24) is 14.8 Å². The molecule has 4 aliphatic heterocycles. The van der Waals surface area contributed by atoms with E-state index in [0.717, 1.165) is 31.1 Å². The number of carbonyl (C=O) groups excluding carboxylic acids is 1. The summed E-state index contributed by atoms with van der Waals surface area (Å²) >= 11 is 0. The quantitative estimate of drug-likeness (QED) is 0.825. The molecule has 0 radical (unpaired) electrons. The number of rotatable bonds is 3. The molecular weight excluding hydrogens is 350 g/mol. The first kappa shape index (κ1) is 17.7. The minimum absolute atomic E-state index is 0.132. The number of pyridine rings is 1. The Balaban J connectivity index is 1.49. The molecule has 0 N–H and O–H groups in total. The van der Waals surface area contributed by atoms with Crippen LogP contribution in [0.5, 0.6) is 5.75 Å². The molecule has 0 spiro atoms. The first-order valence-corrected chi connectivity index (χ1v) is 10.3. The van der Waals surface area contributed by atoms with Crippen molar-refractivity contribution < 1.29 is 9.53 Å². The molecule has 28 heavy (non-hydrogen) atoms. The number of piperidine rings is 3. The van der Waals surface area contributed by atoms with E-state index in [1.165, 1.54) is 18.4 Å². The number of carbonyl (C=O) groups is 1. The average Bonchev–Trinajstić information content (AvgIpc) is 3.17. The third-order valence-electron chi connectivity index (χ3n) is 6.96. The number of benzene rings is 1. The lowest BCUT2D eigenvalue weighted by molar-refractivity contribution is -0.00342. The van der Waals surface area contributed by atoms with Gasteiger partial charge in [0.05, 0.1) is 18.7 Å². The van der Waals surface area contributed by atoms with E-state index >= 15 is 0 Å². The van der Waals surface area contributed by atoms with Gasteiger partial charge in [-0.25, -0.2) is 0 Å². The van der Waals surface area contributed by atoms with E-state index in [2.05, 4.69) is 26.9 Å². The molecule has 146 valence electrons. The lowest BCUT2D eigenvalue weighted by atomic mass is 9.75. The Kier molecular flexibility index (Phi) is 4.35. The summed E-state index contributed by atoms with van der Waals surface area (Å²) in [5.41, 5.74) is 2.95. The van der Waals surface area contributed by atoms with Crippen LogP contribution in [0.15, 0.2) is 42.6 Å². The molecule has 2 aromatic rings. The molecule has 0 unspecified atom stereocenters. The zero-order valence-corrected chi connectivity index (χ0v) is 16.5. The Morgan fingerprint density at radius 2 is 1.82 bits per heavy atom. The van der Waals surface area contributed by atoms with Crippen LogP contribution in [0.3, 0.4) is 0 Å². The van der Waals surface area contributed by atoms with Gasteiger partial charge in [0.2, 0.25) is 0 Å². The van der Waals surface area contributed by atoms with Gasteiger partial charge < -0.3 is 9.64 Å². The zero-order valence-electron chi connectivity index (χ0n) is 16.5. The van der Waals surface area contributed by atoms with E-state index in [9.17, 15) is 4.79 Å². The summed E-state index contributed by atoms with van der Waals surface area (Å²) in [5, 5.41) is 0. The van der Waals surface area contributed by atoms with Crippen LogP contribution < -0.4 is 4.74 Å². The molecule has 4 saturated heterocycles. The number of hydrogen-bond donors (Lipinski definition) is 0. The van der Waals surface area contributed by atoms with Crippen molar-refractivity contribution in [2.45, 2.75) is 37.8 Å². The molecule has 0 saturated carbocycles. The monoisotopic (exact) mass is 377 g/mol. The van der Waals surface area contributed by atoms with Crippen LogP contribution in [0, 0.1) is 12.8 Å². The van der Waals surface area contributed by atoms with Gasteiger partial charge in [-0.15, -0.1) is 0 Å². The second-order valence-corrected chi connectivity index (χ2v) is 8.38. The van der Waals surface area contributed by atoms with Gasteiger partial charge in [-0.3, -0.25) is 14.7 Å². The molecular formula is C23H27N3O2. The summed E-state index contributed by atoms with van der Waals surface area (Å²) in [5.74, 6) is 1.97. The highest BCUT2D eigenvalue weighted by atomic mass is 16.5. The lowest BCUT2D eigenvalue weighted by Gasteiger charge is -2.51. The predicted molar refractivity (Wildman–Crippen MR) is 108 cm³/mol. The Labute approximate surface area is 166 Å². The predicted octanol–water partition coefficient (Wildman–Crippen LogP) is 3.10. The number of nitrogens with zero attached hydrogens (tertiary/aromatic N) is 3. The molecule has 5 heteroatoms. The number of aromatic nitrogens is 1. The number of ether oxygens (including phenoxy) is 1. The van der Waals surface area contributed by atoms with E-state index in [0.29, 0.717) is 29.5 Å². The number of amides is 1. The Morgan fingerprint density at radius 1 is 1.07 bits per heavy atom. The maximum Gasteiger partial charge on any atom is 0.255 e. The summed E-state index contributed by atoms with van der Waals surface area (Å²) in [6, 6.07) is 13.0. The molecule has 4 fully saturated rings. The Bertz CT molecular complexity index is 856. The highest BCUT2D eigenvalue weighted by Crippen LogP contribution is 2.47. The van der Waals surface area contributed by atoms with Gasteiger partial charge in [-0.2, -0.15) is 0 Å². The van der Waals surface area contributed by atoms with Gasteiger partial charge >= 0.3 is 0 Å². The van der Waals surface area contributed by atoms with Gasteiger partial charge in [0.15, 0.2) is 0 Å². The number of likely N-dealkylation sites (tertiary alicyclic amines) is 1. The average molecular weight is 377 g/mol. The Hall–Kier alpha value is -2.40. The third-order valence-corrected chi connectivity index (χ3v) is 6.96. The second-order valence-electron chi connectivity index (χ2n) is 8.38. The fourth-order valence-electron chi connectivity index (χ4n) is 5.56. The summed E-state index contributed by atoms with van der Waals surface area (Å²) < 4.78 is 5.33. The van der Waals surface area contributed by atoms with Crippen LogP contribution in [-0.2, 0) is 0 Å². The molecule has 5 heterocycles. The van der Waals surface area contributed by atoms with Crippen molar-refractivity contribution >= 4 is 5.91 Å². The van der Waals surface area contributed by atoms with Crippen LogP contribution >= 0.6 is 0 Å². The van der Waals surface area contributed by atoms with Crippen molar-refractivity contribution in [3.05, 3.63) is 59.4 Å². The summed E-state index contributed by atoms with van der Waals surface area (Å²) in [6.45, 7) is 5.05. The molecule has 3 atom stereocenters. The number of hydrogen-bond acceptors (Lipinski definition) is 4. The molecule has 2 bridgehead atoms. The van der Waals surface area contributed by atoms with Gasteiger partial charge in [0, 0.05) is 30.4 Å². The normalized spacial score (nSPS) is 30.9. The van der Waals surface area contributed by atoms with Crippen LogP contribution in [0.2, 0.25) is 0 Å². The minimum Gasteiger partial charge on any atom is -0.497 e. The van der Waals surface area contributed by atoms with Crippen molar-refractivity contribution in [2.75, 3.05) is 26.7 Å². The van der Waals surface area contributed by atoms with E-state index < -0.39 is 0 Å². The van der Waals surface area contributed by atoms with Crippen molar-refractivity contribution in [3.63, 3.8) is 0 Å². The van der Waals surface area contributed by atoms with Crippen molar-refractivity contribution in [3.8, 4) is 5.75 Å².